The Bertz CT molecular complexity index is 709. The van der Waals surface area contributed by atoms with Crippen LogP contribution in [0.15, 0.2) is 48.5 Å². The molecule has 0 heterocycles. The third-order valence-electron chi connectivity index (χ3n) is 3.96. The van der Waals surface area contributed by atoms with E-state index in [0.717, 1.165) is 16.7 Å². The molecule has 0 saturated heterocycles. The van der Waals surface area contributed by atoms with Crippen molar-refractivity contribution >= 4 is 11.8 Å². The smallest absolute Gasteiger partial charge is 0.276 e. The fraction of sp³-hybridized carbons (Fsp3) is 0.300. The molecule has 25 heavy (non-hydrogen) atoms. The highest BCUT2D eigenvalue weighted by molar-refractivity contribution is 5.83. The first-order valence-electron chi connectivity index (χ1n) is 8.29. The highest BCUT2D eigenvalue weighted by Gasteiger charge is 2.12. The second kappa shape index (κ2) is 8.87. The van der Waals surface area contributed by atoms with Gasteiger partial charge in [-0.05, 0) is 36.5 Å². The van der Waals surface area contributed by atoms with Crippen molar-refractivity contribution in [3.8, 4) is 5.75 Å². The molecule has 0 radical (unpaired) electrons. The Morgan fingerprint density at radius 1 is 0.920 bits per heavy atom. The Morgan fingerprint density at radius 2 is 1.52 bits per heavy atom. The first kappa shape index (κ1) is 18.5. The van der Waals surface area contributed by atoms with Gasteiger partial charge < -0.3 is 4.74 Å². The minimum Gasteiger partial charge on any atom is -0.483 e. The molecule has 1 atom stereocenters. The molecule has 0 aromatic heterocycles. The van der Waals surface area contributed by atoms with E-state index in [1.807, 2.05) is 69.3 Å². The molecule has 2 amide bonds. The number of carbonyl (C=O) groups excluding carboxylic acids is 2. The summed E-state index contributed by atoms with van der Waals surface area (Å²) in [5.74, 6) is 0.130. The number of nitrogens with one attached hydrogen (secondary N) is 2. The maximum atomic E-state index is 11.9. The number of carbonyl (C=O) groups is 2. The van der Waals surface area contributed by atoms with Crippen LogP contribution >= 0.6 is 0 Å². The summed E-state index contributed by atoms with van der Waals surface area (Å²) in [6.07, 6.45) is 0.294. The summed E-state index contributed by atoms with van der Waals surface area (Å²) < 4.78 is 5.55. The van der Waals surface area contributed by atoms with Gasteiger partial charge in [-0.15, -0.1) is 0 Å². The van der Waals surface area contributed by atoms with Crippen LogP contribution in [0.4, 0.5) is 0 Å². The van der Waals surface area contributed by atoms with E-state index in [9.17, 15) is 9.59 Å². The SMILES string of the molecule is Cc1cccc(C)c1OCC(=O)NNC(=O)C[C@@H](C)c1ccccc1. The Balaban J connectivity index is 1.75. The molecule has 0 bridgehead atoms. The summed E-state index contributed by atoms with van der Waals surface area (Å²) in [7, 11) is 0. The van der Waals surface area contributed by atoms with E-state index < -0.39 is 5.91 Å². The van der Waals surface area contributed by atoms with Crippen molar-refractivity contribution in [2.45, 2.75) is 33.1 Å². The van der Waals surface area contributed by atoms with Crippen LogP contribution in [-0.4, -0.2) is 18.4 Å². The monoisotopic (exact) mass is 340 g/mol. The normalized spacial score (nSPS) is 11.5. The highest BCUT2D eigenvalue weighted by atomic mass is 16.5. The van der Waals surface area contributed by atoms with Crippen LogP contribution < -0.4 is 15.6 Å². The van der Waals surface area contributed by atoms with Crippen molar-refractivity contribution < 1.29 is 14.3 Å². The topological polar surface area (TPSA) is 67.4 Å². The fourth-order valence-corrected chi connectivity index (χ4v) is 2.57. The van der Waals surface area contributed by atoms with Crippen molar-refractivity contribution in [1.29, 1.82) is 0 Å². The van der Waals surface area contributed by atoms with Crippen molar-refractivity contribution in [1.82, 2.24) is 10.9 Å². The number of hydrogen-bond acceptors (Lipinski definition) is 3. The molecule has 2 N–H and O–H groups in total. The summed E-state index contributed by atoms with van der Waals surface area (Å²) >= 11 is 0. The number of hydrogen-bond donors (Lipinski definition) is 2. The van der Waals surface area contributed by atoms with Gasteiger partial charge in [0.05, 0.1) is 0 Å². The number of hydrazine groups is 1. The molecule has 0 aliphatic rings. The molecule has 0 spiro atoms. The second-order valence-corrected chi connectivity index (χ2v) is 6.12. The van der Waals surface area contributed by atoms with E-state index in [1.54, 1.807) is 0 Å². The molecule has 132 valence electrons. The van der Waals surface area contributed by atoms with Crippen LogP contribution in [0.2, 0.25) is 0 Å². The molecule has 5 heteroatoms. The van der Waals surface area contributed by atoms with Gasteiger partial charge in [0, 0.05) is 6.42 Å². The van der Waals surface area contributed by atoms with Gasteiger partial charge in [-0.1, -0.05) is 55.5 Å². The Hall–Kier alpha value is -2.82. The molecular weight excluding hydrogens is 316 g/mol. The van der Waals surface area contributed by atoms with Crippen molar-refractivity contribution in [2.24, 2.45) is 0 Å². The lowest BCUT2D eigenvalue weighted by Gasteiger charge is -2.14. The zero-order valence-corrected chi connectivity index (χ0v) is 14.8. The minimum atomic E-state index is -0.400. The van der Waals surface area contributed by atoms with Gasteiger partial charge in [0.1, 0.15) is 5.75 Å². The predicted octanol–water partition coefficient (Wildman–Crippen LogP) is 3.02. The Labute approximate surface area is 148 Å². The third-order valence-corrected chi connectivity index (χ3v) is 3.96. The molecule has 2 rings (SSSR count). The van der Waals surface area contributed by atoms with Crippen LogP contribution in [0.3, 0.4) is 0 Å². The van der Waals surface area contributed by atoms with Crippen molar-refractivity contribution in [3.05, 3.63) is 65.2 Å². The number of benzene rings is 2. The largest absolute Gasteiger partial charge is 0.483 e. The molecule has 0 saturated carbocycles. The summed E-state index contributed by atoms with van der Waals surface area (Å²) in [6, 6.07) is 15.6. The van der Waals surface area contributed by atoms with Gasteiger partial charge in [-0.3, -0.25) is 20.4 Å². The lowest BCUT2D eigenvalue weighted by Crippen LogP contribution is -2.44. The number of ether oxygens (including phenoxy) is 1. The predicted molar refractivity (Wildman–Crippen MR) is 97.2 cm³/mol. The zero-order chi connectivity index (χ0) is 18.2. The molecule has 2 aromatic carbocycles. The molecule has 0 fully saturated rings. The summed E-state index contributed by atoms with van der Waals surface area (Å²) in [5.41, 5.74) is 7.83. The van der Waals surface area contributed by atoms with Crippen LogP contribution in [0.1, 0.15) is 36.0 Å². The number of aryl methyl sites for hydroxylation is 2. The van der Waals surface area contributed by atoms with Crippen LogP contribution in [0.25, 0.3) is 0 Å². The van der Waals surface area contributed by atoms with Crippen LogP contribution in [-0.2, 0) is 9.59 Å². The number of para-hydroxylation sites is 1. The van der Waals surface area contributed by atoms with E-state index in [2.05, 4.69) is 10.9 Å². The Morgan fingerprint density at radius 3 is 2.16 bits per heavy atom. The summed E-state index contributed by atoms with van der Waals surface area (Å²) in [5, 5.41) is 0. The van der Waals surface area contributed by atoms with Crippen LogP contribution in [0, 0.1) is 13.8 Å². The lowest BCUT2D eigenvalue weighted by molar-refractivity contribution is -0.130. The van der Waals surface area contributed by atoms with Gasteiger partial charge in [0.25, 0.3) is 5.91 Å². The van der Waals surface area contributed by atoms with Gasteiger partial charge in [-0.2, -0.15) is 0 Å². The van der Waals surface area contributed by atoms with Gasteiger partial charge in [0.2, 0.25) is 5.91 Å². The molecule has 0 aliphatic carbocycles. The van der Waals surface area contributed by atoms with Gasteiger partial charge >= 0.3 is 0 Å². The number of amides is 2. The molecule has 0 unspecified atom stereocenters. The first-order valence-corrected chi connectivity index (χ1v) is 8.29. The maximum absolute atomic E-state index is 11.9. The Kier molecular flexibility index (Phi) is 6.57. The van der Waals surface area contributed by atoms with Gasteiger partial charge in [0.15, 0.2) is 6.61 Å². The molecular formula is C20H24N2O3. The number of rotatable bonds is 6. The summed E-state index contributed by atoms with van der Waals surface area (Å²) in [4.78, 5) is 23.8. The fourth-order valence-electron chi connectivity index (χ4n) is 2.57. The average Bonchev–Trinajstić information content (AvgIpc) is 2.60. The van der Waals surface area contributed by atoms with Crippen molar-refractivity contribution in [3.63, 3.8) is 0 Å². The lowest BCUT2D eigenvalue weighted by atomic mass is 9.98. The average molecular weight is 340 g/mol. The summed E-state index contributed by atoms with van der Waals surface area (Å²) in [6.45, 7) is 5.67. The standard InChI is InChI=1S/C20H24N2O3/c1-14-8-7-9-15(2)20(14)25-13-19(24)22-21-18(23)12-16(3)17-10-5-4-6-11-17/h4-11,16H,12-13H2,1-3H3,(H,21,23)(H,22,24)/t16-/m1/s1. The van der Waals surface area contributed by atoms with E-state index in [4.69, 9.17) is 4.74 Å². The van der Waals surface area contributed by atoms with Crippen LogP contribution in [0.5, 0.6) is 5.75 Å². The second-order valence-electron chi connectivity index (χ2n) is 6.12. The zero-order valence-electron chi connectivity index (χ0n) is 14.8. The van der Waals surface area contributed by atoms with Gasteiger partial charge in [-0.25, -0.2) is 0 Å². The molecule has 5 nitrogen and oxygen atoms in total. The van der Waals surface area contributed by atoms with Crippen molar-refractivity contribution in [2.75, 3.05) is 6.61 Å². The van der Waals surface area contributed by atoms with E-state index >= 15 is 0 Å². The molecule has 2 aromatic rings. The highest BCUT2D eigenvalue weighted by Crippen LogP contribution is 2.22. The minimum absolute atomic E-state index is 0.0731. The third kappa shape index (κ3) is 5.64. The van der Waals surface area contributed by atoms with E-state index in [-0.39, 0.29) is 18.4 Å². The van der Waals surface area contributed by atoms with E-state index in [1.165, 1.54) is 0 Å². The first-order chi connectivity index (χ1) is 12.0. The quantitative estimate of drug-likeness (QED) is 0.794. The molecule has 0 aliphatic heterocycles. The maximum Gasteiger partial charge on any atom is 0.276 e. The van der Waals surface area contributed by atoms with E-state index in [0.29, 0.717) is 12.2 Å².